The predicted molar refractivity (Wildman–Crippen MR) is 79.0 cm³/mol. The Morgan fingerprint density at radius 3 is 2.75 bits per heavy atom. The van der Waals surface area contributed by atoms with Crippen LogP contribution in [-0.2, 0) is 0 Å². The summed E-state index contributed by atoms with van der Waals surface area (Å²) in [6.45, 7) is 2.36. The van der Waals surface area contributed by atoms with Crippen LogP contribution in [0.3, 0.4) is 0 Å². The van der Waals surface area contributed by atoms with Crippen LogP contribution >= 0.6 is 0 Å². The monoisotopic (exact) mass is 277 g/mol. The molecule has 1 atom stereocenters. The van der Waals surface area contributed by atoms with Gasteiger partial charge < -0.3 is 14.5 Å². The molecule has 2 rings (SSSR count). The maximum Gasteiger partial charge on any atom is 0.319 e. The molecule has 1 heterocycles. The molecule has 1 saturated heterocycles. The van der Waals surface area contributed by atoms with E-state index < -0.39 is 0 Å². The van der Waals surface area contributed by atoms with Crippen LogP contribution in [0.15, 0.2) is 24.3 Å². The fourth-order valence-electron chi connectivity index (χ4n) is 2.54. The highest BCUT2D eigenvalue weighted by Gasteiger charge is 2.29. The second-order valence-electron chi connectivity index (χ2n) is 5.40. The van der Waals surface area contributed by atoms with Gasteiger partial charge in [-0.05, 0) is 24.7 Å². The van der Waals surface area contributed by atoms with Gasteiger partial charge in [0.25, 0.3) is 0 Å². The van der Waals surface area contributed by atoms with E-state index in [9.17, 15) is 4.79 Å². The summed E-state index contributed by atoms with van der Waals surface area (Å²) in [4.78, 5) is 17.9. The van der Waals surface area contributed by atoms with Crippen molar-refractivity contribution in [2.24, 2.45) is 0 Å². The lowest BCUT2D eigenvalue weighted by molar-refractivity contribution is 0.0973. The number of piperazine rings is 1. The van der Waals surface area contributed by atoms with Gasteiger partial charge in [-0.15, -0.1) is 0 Å². The Labute approximate surface area is 120 Å². The number of hydrogen-bond donors (Lipinski definition) is 0. The summed E-state index contributed by atoms with van der Waals surface area (Å²) in [5, 5.41) is 0. The molecule has 110 valence electrons. The van der Waals surface area contributed by atoms with Crippen molar-refractivity contribution < 1.29 is 9.53 Å². The Balaban J connectivity index is 2.18. The Morgan fingerprint density at radius 1 is 1.35 bits per heavy atom. The highest BCUT2D eigenvalue weighted by Crippen LogP contribution is 2.27. The van der Waals surface area contributed by atoms with Crippen molar-refractivity contribution in [3.63, 3.8) is 0 Å². The van der Waals surface area contributed by atoms with Gasteiger partial charge in [-0.25, -0.2) is 4.79 Å². The molecule has 20 heavy (non-hydrogen) atoms. The molecule has 1 unspecified atom stereocenters. The van der Waals surface area contributed by atoms with Crippen LogP contribution in [-0.4, -0.2) is 68.6 Å². The number of methoxy groups -OCH3 is 1. The molecule has 1 aromatic carbocycles. The van der Waals surface area contributed by atoms with Crippen LogP contribution in [0, 0.1) is 0 Å². The molecular weight excluding hydrogens is 254 g/mol. The van der Waals surface area contributed by atoms with Gasteiger partial charge in [-0.1, -0.05) is 12.1 Å². The maximum atomic E-state index is 12.1. The first-order valence-corrected chi connectivity index (χ1v) is 6.83. The van der Waals surface area contributed by atoms with Crippen LogP contribution in [0.1, 0.15) is 11.6 Å². The summed E-state index contributed by atoms with van der Waals surface area (Å²) < 4.78 is 5.29. The molecule has 0 saturated carbocycles. The number of hydrogen-bond acceptors (Lipinski definition) is 3. The zero-order valence-electron chi connectivity index (χ0n) is 12.7. The highest BCUT2D eigenvalue weighted by molar-refractivity contribution is 5.74. The number of urea groups is 1. The largest absolute Gasteiger partial charge is 0.497 e. The number of ether oxygens (including phenoxy) is 1. The summed E-state index contributed by atoms with van der Waals surface area (Å²) in [5.74, 6) is 0.854. The summed E-state index contributed by atoms with van der Waals surface area (Å²) in [6.07, 6.45) is 0. The molecule has 0 spiro atoms. The molecule has 5 nitrogen and oxygen atoms in total. The highest BCUT2D eigenvalue weighted by atomic mass is 16.5. The van der Waals surface area contributed by atoms with E-state index in [0.29, 0.717) is 6.54 Å². The molecule has 5 heteroatoms. The van der Waals surface area contributed by atoms with E-state index in [4.69, 9.17) is 4.74 Å². The van der Waals surface area contributed by atoms with E-state index in [1.807, 2.05) is 23.1 Å². The van der Waals surface area contributed by atoms with Crippen molar-refractivity contribution in [2.45, 2.75) is 6.04 Å². The minimum atomic E-state index is 0.0750. The van der Waals surface area contributed by atoms with Gasteiger partial charge in [0.2, 0.25) is 0 Å². The van der Waals surface area contributed by atoms with Gasteiger partial charge in [0.15, 0.2) is 0 Å². The van der Waals surface area contributed by atoms with E-state index in [1.54, 1.807) is 26.1 Å². The van der Waals surface area contributed by atoms with Crippen molar-refractivity contribution in [1.29, 1.82) is 0 Å². The Hall–Kier alpha value is -1.75. The third-order valence-electron chi connectivity index (χ3n) is 3.78. The molecule has 1 aliphatic rings. The van der Waals surface area contributed by atoms with Gasteiger partial charge in [0.1, 0.15) is 5.75 Å². The first-order chi connectivity index (χ1) is 9.52. The second kappa shape index (κ2) is 6.13. The summed E-state index contributed by atoms with van der Waals surface area (Å²) in [7, 11) is 7.36. The fourth-order valence-corrected chi connectivity index (χ4v) is 2.54. The molecule has 0 radical (unpaired) electrons. The maximum absolute atomic E-state index is 12.1. The quantitative estimate of drug-likeness (QED) is 0.825. The van der Waals surface area contributed by atoms with Gasteiger partial charge in [0, 0.05) is 33.7 Å². The van der Waals surface area contributed by atoms with Crippen molar-refractivity contribution in [2.75, 3.05) is 47.9 Å². The number of amides is 2. The van der Waals surface area contributed by atoms with E-state index in [1.165, 1.54) is 5.56 Å². The topological polar surface area (TPSA) is 36.0 Å². The summed E-state index contributed by atoms with van der Waals surface area (Å²) in [5.41, 5.74) is 1.18. The lowest BCUT2D eigenvalue weighted by atomic mass is 10.0. The molecule has 1 fully saturated rings. The van der Waals surface area contributed by atoms with Crippen molar-refractivity contribution in [1.82, 2.24) is 14.7 Å². The Kier molecular flexibility index (Phi) is 4.49. The number of benzene rings is 1. The van der Waals surface area contributed by atoms with Gasteiger partial charge in [0.05, 0.1) is 13.2 Å². The molecule has 0 aliphatic carbocycles. The van der Waals surface area contributed by atoms with Crippen LogP contribution in [0.25, 0.3) is 0 Å². The Morgan fingerprint density at radius 2 is 2.10 bits per heavy atom. The number of nitrogens with zero attached hydrogens (tertiary/aromatic N) is 3. The lowest BCUT2D eigenvalue weighted by Gasteiger charge is -2.40. The van der Waals surface area contributed by atoms with Gasteiger partial charge in [-0.3, -0.25) is 4.90 Å². The first kappa shape index (κ1) is 14.7. The van der Waals surface area contributed by atoms with Crippen LogP contribution in [0.4, 0.5) is 4.79 Å². The van der Waals surface area contributed by atoms with Crippen molar-refractivity contribution in [3.05, 3.63) is 29.8 Å². The van der Waals surface area contributed by atoms with E-state index >= 15 is 0 Å². The zero-order chi connectivity index (χ0) is 14.7. The molecule has 0 bridgehead atoms. The molecule has 1 aliphatic heterocycles. The third-order valence-corrected chi connectivity index (χ3v) is 3.78. The second-order valence-corrected chi connectivity index (χ2v) is 5.40. The normalized spacial score (nSPS) is 19.8. The zero-order valence-corrected chi connectivity index (χ0v) is 12.7. The van der Waals surface area contributed by atoms with E-state index in [2.05, 4.69) is 18.0 Å². The standard InChI is InChI=1S/C15H23N3O2/c1-16(2)15(19)18-9-8-17(3)14(11-18)12-6-5-7-13(10-12)20-4/h5-7,10,14H,8-9,11H2,1-4H3. The number of carbonyl (C=O) groups excluding carboxylic acids is 1. The summed E-state index contributed by atoms with van der Waals surface area (Å²) in [6, 6.07) is 8.36. The smallest absolute Gasteiger partial charge is 0.319 e. The van der Waals surface area contributed by atoms with Gasteiger partial charge >= 0.3 is 6.03 Å². The number of likely N-dealkylation sites (N-methyl/N-ethyl adjacent to an activating group) is 1. The SMILES string of the molecule is COc1cccc(C2CN(C(=O)N(C)C)CCN2C)c1. The lowest BCUT2D eigenvalue weighted by Crippen LogP contribution is -2.51. The van der Waals surface area contributed by atoms with Gasteiger partial charge in [-0.2, -0.15) is 0 Å². The molecule has 1 aromatic rings. The van der Waals surface area contributed by atoms with E-state index in [-0.39, 0.29) is 12.1 Å². The first-order valence-electron chi connectivity index (χ1n) is 6.83. The fraction of sp³-hybridized carbons (Fsp3) is 0.533. The molecular formula is C15H23N3O2. The minimum absolute atomic E-state index is 0.0750. The Bertz CT molecular complexity index is 476. The molecule has 2 amide bonds. The van der Waals surface area contributed by atoms with E-state index in [0.717, 1.165) is 18.8 Å². The number of rotatable bonds is 2. The third kappa shape index (κ3) is 3.04. The average molecular weight is 277 g/mol. The minimum Gasteiger partial charge on any atom is -0.497 e. The number of carbonyl (C=O) groups is 1. The van der Waals surface area contributed by atoms with Crippen molar-refractivity contribution in [3.8, 4) is 5.75 Å². The van der Waals surface area contributed by atoms with Crippen LogP contribution in [0.5, 0.6) is 5.75 Å². The van der Waals surface area contributed by atoms with Crippen molar-refractivity contribution >= 4 is 6.03 Å². The summed E-state index contributed by atoms with van der Waals surface area (Å²) >= 11 is 0. The predicted octanol–water partition coefficient (Wildman–Crippen LogP) is 1.67. The average Bonchev–Trinajstić information content (AvgIpc) is 2.47. The van der Waals surface area contributed by atoms with Crippen LogP contribution < -0.4 is 4.74 Å². The molecule has 0 N–H and O–H groups in total. The van der Waals surface area contributed by atoms with Crippen LogP contribution in [0.2, 0.25) is 0 Å². The molecule has 0 aromatic heterocycles.